The van der Waals surface area contributed by atoms with Crippen LogP contribution in [0.5, 0.6) is 0 Å². The van der Waals surface area contributed by atoms with Crippen LogP contribution in [0.25, 0.3) is 0 Å². The Kier molecular flexibility index (Phi) is 4.53. The number of amides is 2. The van der Waals surface area contributed by atoms with Crippen LogP contribution in [-0.4, -0.2) is 39.8 Å². The number of hydrogen-bond donors (Lipinski definition) is 0. The maximum absolute atomic E-state index is 12.8. The van der Waals surface area contributed by atoms with Crippen LogP contribution < -0.4 is 0 Å². The molecule has 0 bridgehead atoms. The Hall–Kier alpha value is -1.31. The number of likely N-dealkylation sites (N-methyl/N-ethyl adjacent to an activating group) is 2. The van der Waals surface area contributed by atoms with Crippen molar-refractivity contribution in [2.75, 3.05) is 13.1 Å². The van der Waals surface area contributed by atoms with Crippen molar-refractivity contribution in [2.45, 2.75) is 30.6 Å². The summed E-state index contributed by atoms with van der Waals surface area (Å²) in [4.78, 5) is 30.7. The second-order valence-corrected chi connectivity index (χ2v) is 7.93. The summed E-state index contributed by atoms with van der Waals surface area (Å²) in [6.07, 6.45) is 0. The summed E-state index contributed by atoms with van der Waals surface area (Å²) in [6.45, 7) is 6.68. The first-order valence-corrected chi connectivity index (χ1v) is 9.40. The molecular weight excluding hydrogens is 348 g/mol. The lowest BCUT2D eigenvalue weighted by Gasteiger charge is -2.35. The number of nitrogens with zero attached hydrogens (tertiary/aromatic N) is 2. The van der Waals surface area contributed by atoms with Gasteiger partial charge in [0.15, 0.2) is 5.11 Å². The van der Waals surface area contributed by atoms with E-state index in [-0.39, 0.29) is 17.4 Å². The lowest BCUT2D eigenvalue weighted by atomic mass is 10.2. The second-order valence-electron chi connectivity index (χ2n) is 5.20. The summed E-state index contributed by atoms with van der Waals surface area (Å²) in [5.41, 5.74) is 1.40. The molecule has 4 nitrogen and oxygen atoms in total. The Morgan fingerprint density at radius 3 is 2.13 bits per heavy atom. The van der Waals surface area contributed by atoms with E-state index in [1.807, 2.05) is 32.9 Å². The molecule has 1 aromatic carbocycles. The van der Waals surface area contributed by atoms with Crippen molar-refractivity contribution in [3.63, 3.8) is 0 Å². The smallest absolute Gasteiger partial charge is 0.267 e. The van der Waals surface area contributed by atoms with Crippen LogP contribution >= 0.6 is 35.7 Å². The van der Waals surface area contributed by atoms with Crippen molar-refractivity contribution in [3.05, 3.63) is 33.6 Å². The van der Waals surface area contributed by atoms with E-state index in [1.165, 1.54) is 33.3 Å². The molecule has 0 spiro atoms. The predicted octanol–water partition coefficient (Wildman–Crippen LogP) is 3.40. The van der Waals surface area contributed by atoms with Crippen LogP contribution in [0.4, 0.5) is 0 Å². The number of fused-ring (bicyclic) bond motifs is 1. The zero-order valence-corrected chi connectivity index (χ0v) is 15.5. The molecule has 23 heavy (non-hydrogen) atoms. The van der Waals surface area contributed by atoms with Gasteiger partial charge < -0.3 is 0 Å². The monoisotopic (exact) mass is 364 g/mol. The van der Waals surface area contributed by atoms with Crippen LogP contribution in [-0.2, 0) is 9.59 Å². The van der Waals surface area contributed by atoms with E-state index in [1.54, 1.807) is 0 Å². The fraction of sp³-hybridized carbons (Fsp3) is 0.312. The summed E-state index contributed by atoms with van der Waals surface area (Å²) >= 11 is 8.27. The van der Waals surface area contributed by atoms with Crippen LogP contribution in [0.2, 0.25) is 0 Å². The summed E-state index contributed by atoms with van der Waals surface area (Å²) in [5, 5.41) is 0.302. The SMILES string of the molecule is CCN1C(=O)C(=C2Sc3ccc(C)cc3S2)C(=O)N(CC)C1=S. The van der Waals surface area contributed by atoms with Gasteiger partial charge in [-0.15, -0.1) is 0 Å². The summed E-state index contributed by atoms with van der Waals surface area (Å²) in [7, 11) is 0. The number of thioether (sulfide) groups is 2. The molecule has 0 aliphatic carbocycles. The number of aryl methyl sites for hydroxylation is 1. The molecule has 0 unspecified atom stereocenters. The van der Waals surface area contributed by atoms with Gasteiger partial charge in [0.25, 0.3) is 11.8 Å². The van der Waals surface area contributed by atoms with Gasteiger partial charge in [-0.3, -0.25) is 19.4 Å². The normalized spacial score (nSPS) is 18.1. The summed E-state index contributed by atoms with van der Waals surface area (Å²) < 4.78 is 0.750. The minimum absolute atomic E-state index is 0.242. The van der Waals surface area contributed by atoms with Crippen LogP contribution in [0, 0.1) is 6.92 Å². The lowest BCUT2D eigenvalue weighted by Crippen LogP contribution is -2.56. The zero-order chi connectivity index (χ0) is 16.7. The van der Waals surface area contributed by atoms with Crippen LogP contribution in [0.1, 0.15) is 19.4 Å². The minimum atomic E-state index is -0.285. The molecule has 0 saturated carbocycles. The molecule has 0 radical (unpaired) electrons. The number of hydrogen-bond acceptors (Lipinski definition) is 5. The van der Waals surface area contributed by atoms with Gasteiger partial charge in [0.05, 0.1) is 4.24 Å². The highest BCUT2D eigenvalue weighted by molar-refractivity contribution is 8.24. The van der Waals surface area contributed by atoms with E-state index in [0.29, 0.717) is 18.2 Å². The standard InChI is InChI=1S/C16H16N2O2S3/c1-4-17-13(19)12(14(20)18(5-2)16(17)21)15-22-10-7-6-9(3)8-11(10)23-15/h6-8H,4-5H2,1-3H3. The average Bonchev–Trinajstić information content (AvgIpc) is 2.90. The molecule has 120 valence electrons. The predicted molar refractivity (Wildman–Crippen MR) is 97.3 cm³/mol. The molecule has 2 heterocycles. The lowest BCUT2D eigenvalue weighted by molar-refractivity contribution is -0.133. The van der Waals surface area contributed by atoms with Gasteiger partial charge in [-0.2, -0.15) is 0 Å². The van der Waals surface area contributed by atoms with Crippen molar-refractivity contribution in [3.8, 4) is 0 Å². The maximum Gasteiger partial charge on any atom is 0.267 e. The van der Waals surface area contributed by atoms with E-state index < -0.39 is 0 Å². The third-order valence-corrected chi connectivity index (χ3v) is 6.70. The van der Waals surface area contributed by atoms with E-state index in [0.717, 1.165) is 19.6 Å². The third kappa shape index (κ3) is 2.70. The average molecular weight is 365 g/mol. The maximum atomic E-state index is 12.8. The highest BCUT2D eigenvalue weighted by Gasteiger charge is 2.41. The topological polar surface area (TPSA) is 40.6 Å². The molecule has 2 aliphatic rings. The minimum Gasteiger partial charge on any atom is -0.285 e. The van der Waals surface area contributed by atoms with Crippen LogP contribution in [0.3, 0.4) is 0 Å². The first-order valence-electron chi connectivity index (χ1n) is 7.36. The Labute approximate surface area is 149 Å². The van der Waals surface area contributed by atoms with Crippen molar-refractivity contribution >= 4 is 52.7 Å². The molecule has 1 saturated heterocycles. The third-order valence-electron chi connectivity index (χ3n) is 3.72. The molecule has 0 atom stereocenters. The number of rotatable bonds is 2. The van der Waals surface area contributed by atoms with Gasteiger partial charge in [0, 0.05) is 22.9 Å². The van der Waals surface area contributed by atoms with E-state index >= 15 is 0 Å². The van der Waals surface area contributed by atoms with Crippen LogP contribution in [0.15, 0.2) is 37.8 Å². The largest absolute Gasteiger partial charge is 0.285 e. The van der Waals surface area contributed by atoms with Crippen molar-refractivity contribution in [1.82, 2.24) is 9.80 Å². The van der Waals surface area contributed by atoms with Crippen molar-refractivity contribution < 1.29 is 9.59 Å². The van der Waals surface area contributed by atoms with Crippen molar-refractivity contribution in [2.24, 2.45) is 0 Å². The summed E-state index contributed by atoms with van der Waals surface area (Å²) in [5.74, 6) is -0.571. The Bertz CT molecular complexity index is 730. The quantitative estimate of drug-likeness (QED) is 0.457. The Balaban J connectivity index is 2.06. The highest BCUT2D eigenvalue weighted by Crippen LogP contribution is 2.53. The van der Waals surface area contributed by atoms with Gasteiger partial charge in [-0.25, -0.2) is 0 Å². The number of benzene rings is 1. The number of carbonyl (C=O) groups excluding carboxylic acids is 2. The molecule has 3 rings (SSSR count). The van der Waals surface area contributed by atoms with E-state index in [2.05, 4.69) is 6.07 Å². The molecule has 1 fully saturated rings. The van der Waals surface area contributed by atoms with E-state index in [9.17, 15) is 9.59 Å². The molecular formula is C16H16N2O2S3. The first-order chi connectivity index (χ1) is 11.0. The van der Waals surface area contributed by atoms with Gasteiger partial charge in [-0.1, -0.05) is 29.6 Å². The fourth-order valence-electron chi connectivity index (χ4n) is 2.52. The number of carbonyl (C=O) groups is 2. The Morgan fingerprint density at radius 2 is 1.57 bits per heavy atom. The second kappa shape index (κ2) is 6.30. The zero-order valence-electron chi connectivity index (χ0n) is 13.1. The van der Waals surface area contributed by atoms with E-state index in [4.69, 9.17) is 12.2 Å². The van der Waals surface area contributed by atoms with Gasteiger partial charge in [-0.05, 0) is 50.7 Å². The molecule has 1 aromatic rings. The number of thiocarbonyl (C=S) groups is 1. The first kappa shape index (κ1) is 16.5. The highest BCUT2D eigenvalue weighted by atomic mass is 32.2. The van der Waals surface area contributed by atoms with Gasteiger partial charge >= 0.3 is 0 Å². The fourth-order valence-corrected chi connectivity index (χ4v) is 5.56. The Morgan fingerprint density at radius 1 is 1.00 bits per heavy atom. The molecule has 0 aromatic heterocycles. The molecule has 2 amide bonds. The van der Waals surface area contributed by atoms with Gasteiger partial charge in [0.2, 0.25) is 0 Å². The van der Waals surface area contributed by atoms with Crippen molar-refractivity contribution in [1.29, 1.82) is 0 Å². The molecule has 7 heteroatoms. The molecule has 2 aliphatic heterocycles. The summed E-state index contributed by atoms with van der Waals surface area (Å²) in [6, 6.07) is 6.15. The molecule has 0 N–H and O–H groups in total. The van der Waals surface area contributed by atoms with Gasteiger partial charge in [0.1, 0.15) is 5.57 Å².